The van der Waals surface area contributed by atoms with Crippen molar-refractivity contribution in [2.45, 2.75) is 13.0 Å². The molecule has 2 N–H and O–H groups in total. The van der Waals surface area contributed by atoms with Crippen molar-refractivity contribution < 1.29 is 0 Å². The zero-order chi connectivity index (χ0) is 10.2. The van der Waals surface area contributed by atoms with Gasteiger partial charge in [0.1, 0.15) is 0 Å². The first-order valence-corrected chi connectivity index (χ1v) is 5.31. The molecule has 1 aromatic rings. The van der Waals surface area contributed by atoms with Gasteiger partial charge in [-0.15, -0.1) is 0 Å². The van der Waals surface area contributed by atoms with Crippen LogP contribution in [0.15, 0.2) is 24.3 Å². The van der Waals surface area contributed by atoms with Gasteiger partial charge in [0, 0.05) is 11.6 Å². The molecule has 0 aromatic heterocycles. The molecular weight excluding hydrogens is 196 g/mol. The number of rotatable bonds is 6. The van der Waals surface area contributed by atoms with Gasteiger partial charge >= 0.3 is 0 Å². The van der Waals surface area contributed by atoms with E-state index in [4.69, 9.17) is 11.6 Å². The Kier molecular flexibility index (Phi) is 5.60. The number of benzene rings is 1. The van der Waals surface area contributed by atoms with Crippen molar-refractivity contribution in [1.29, 1.82) is 0 Å². The van der Waals surface area contributed by atoms with Gasteiger partial charge in [-0.05, 0) is 38.2 Å². The molecule has 0 amide bonds. The predicted molar refractivity (Wildman–Crippen MR) is 61.7 cm³/mol. The summed E-state index contributed by atoms with van der Waals surface area (Å²) in [4.78, 5) is 0. The molecule has 2 nitrogen and oxygen atoms in total. The van der Waals surface area contributed by atoms with Crippen LogP contribution in [0.2, 0.25) is 5.02 Å². The van der Waals surface area contributed by atoms with E-state index < -0.39 is 0 Å². The molecule has 0 atom stereocenters. The lowest BCUT2D eigenvalue weighted by atomic mass is 10.2. The standard InChI is InChI=1S/C11H17ClN2/c1-13-7-4-8-14-9-10-5-2-3-6-11(10)12/h2-3,5-6,13-14H,4,7-9H2,1H3. The van der Waals surface area contributed by atoms with Gasteiger partial charge in [0.15, 0.2) is 0 Å². The summed E-state index contributed by atoms with van der Waals surface area (Å²) in [6.07, 6.45) is 1.14. The highest BCUT2D eigenvalue weighted by atomic mass is 35.5. The molecule has 0 aliphatic rings. The van der Waals surface area contributed by atoms with Crippen LogP contribution in [0.5, 0.6) is 0 Å². The molecule has 0 unspecified atom stereocenters. The Morgan fingerprint density at radius 2 is 2.00 bits per heavy atom. The molecule has 78 valence electrons. The Morgan fingerprint density at radius 1 is 1.21 bits per heavy atom. The van der Waals surface area contributed by atoms with Crippen molar-refractivity contribution in [2.75, 3.05) is 20.1 Å². The van der Waals surface area contributed by atoms with E-state index in [0.717, 1.165) is 31.1 Å². The fourth-order valence-electron chi connectivity index (χ4n) is 1.25. The Bertz CT molecular complexity index is 263. The SMILES string of the molecule is CNCCCNCc1ccccc1Cl. The minimum atomic E-state index is 0.841. The van der Waals surface area contributed by atoms with Crippen molar-refractivity contribution in [1.82, 2.24) is 10.6 Å². The van der Waals surface area contributed by atoms with E-state index >= 15 is 0 Å². The number of halogens is 1. The zero-order valence-electron chi connectivity index (χ0n) is 8.52. The van der Waals surface area contributed by atoms with Gasteiger partial charge in [-0.1, -0.05) is 29.8 Å². The smallest absolute Gasteiger partial charge is 0.0450 e. The van der Waals surface area contributed by atoms with Crippen molar-refractivity contribution >= 4 is 11.6 Å². The number of hydrogen-bond donors (Lipinski definition) is 2. The summed E-state index contributed by atoms with van der Waals surface area (Å²) in [7, 11) is 1.97. The van der Waals surface area contributed by atoms with Crippen LogP contribution in [-0.2, 0) is 6.54 Å². The van der Waals surface area contributed by atoms with Crippen molar-refractivity contribution in [3.8, 4) is 0 Å². The molecule has 1 rings (SSSR count). The van der Waals surface area contributed by atoms with E-state index in [0.29, 0.717) is 0 Å². The first-order valence-electron chi connectivity index (χ1n) is 4.93. The maximum atomic E-state index is 6.01. The second-order valence-corrected chi connectivity index (χ2v) is 3.63. The van der Waals surface area contributed by atoms with Gasteiger partial charge in [0.05, 0.1) is 0 Å². The van der Waals surface area contributed by atoms with Crippen molar-refractivity contribution in [2.24, 2.45) is 0 Å². The van der Waals surface area contributed by atoms with Crippen LogP contribution >= 0.6 is 11.6 Å². The number of nitrogens with one attached hydrogen (secondary N) is 2. The van der Waals surface area contributed by atoms with Gasteiger partial charge in [-0.25, -0.2) is 0 Å². The lowest BCUT2D eigenvalue weighted by Crippen LogP contribution is -2.19. The van der Waals surface area contributed by atoms with Crippen molar-refractivity contribution in [3.05, 3.63) is 34.9 Å². The second-order valence-electron chi connectivity index (χ2n) is 3.23. The highest BCUT2D eigenvalue weighted by Crippen LogP contribution is 2.13. The highest BCUT2D eigenvalue weighted by molar-refractivity contribution is 6.31. The van der Waals surface area contributed by atoms with Crippen LogP contribution in [0.25, 0.3) is 0 Å². The molecule has 0 fully saturated rings. The molecule has 0 heterocycles. The average molecular weight is 213 g/mol. The molecule has 0 bridgehead atoms. The van der Waals surface area contributed by atoms with E-state index in [1.807, 2.05) is 31.3 Å². The fraction of sp³-hybridized carbons (Fsp3) is 0.455. The van der Waals surface area contributed by atoms with Gasteiger partial charge in [0.2, 0.25) is 0 Å². The Hall–Kier alpha value is -0.570. The van der Waals surface area contributed by atoms with Crippen LogP contribution in [-0.4, -0.2) is 20.1 Å². The molecule has 0 radical (unpaired) electrons. The minimum absolute atomic E-state index is 0.841. The lowest BCUT2D eigenvalue weighted by Gasteiger charge is -2.05. The maximum absolute atomic E-state index is 6.01. The second kappa shape index (κ2) is 6.82. The Balaban J connectivity index is 2.21. The van der Waals surface area contributed by atoms with E-state index in [-0.39, 0.29) is 0 Å². The van der Waals surface area contributed by atoms with E-state index in [1.165, 1.54) is 5.56 Å². The quantitative estimate of drug-likeness (QED) is 0.706. The molecule has 0 aliphatic heterocycles. The van der Waals surface area contributed by atoms with Crippen molar-refractivity contribution in [3.63, 3.8) is 0 Å². The van der Waals surface area contributed by atoms with Gasteiger partial charge in [0.25, 0.3) is 0 Å². The summed E-state index contributed by atoms with van der Waals surface area (Å²) in [6, 6.07) is 7.93. The first kappa shape index (κ1) is 11.5. The molecule has 0 spiro atoms. The first-order chi connectivity index (χ1) is 6.84. The minimum Gasteiger partial charge on any atom is -0.320 e. The molecular formula is C11H17ClN2. The maximum Gasteiger partial charge on any atom is 0.0450 e. The molecule has 0 saturated heterocycles. The van der Waals surface area contributed by atoms with Crippen LogP contribution in [0.1, 0.15) is 12.0 Å². The Labute approximate surface area is 90.7 Å². The fourth-order valence-corrected chi connectivity index (χ4v) is 1.46. The van der Waals surface area contributed by atoms with Gasteiger partial charge in [-0.2, -0.15) is 0 Å². The molecule has 3 heteroatoms. The van der Waals surface area contributed by atoms with E-state index in [1.54, 1.807) is 0 Å². The van der Waals surface area contributed by atoms with Crippen LogP contribution in [0.4, 0.5) is 0 Å². The normalized spacial score (nSPS) is 10.4. The van der Waals surface area contributed by atoms with E-state index in [2.05, 4.69) is 10.6 Å². The third-order valence-electron chi connectivity index (χ3n) is 2.05. The summed E-state index contributed by atoms with van der Waals surface area (Å²) in [5.74, 6) is 0. The molecule has 14 heavy (non-hydrogen) atoms. The van der Waals surface area contributed by atoms with Crippen LogP contribution in [0, 0.1) is 0 Å². The number of hydrogen-bond acceptors (Lipinski definition) is 2. The topological polar surface area (TPSA) is 24.1 Å². The summed E-state index contributed by atoms with van der Waals surface area (Å²) in [6.45, 7) is 2.92. The van der Waals surface area contributed by atoms with Gasteiger partial charge in [-0.3, -0.25) is 0 Å². The van der Waals surface area contributed by atoms with Crippen LogP contribution in [0.3, 0.4) is 0 Å². The largest absolute Gasteiger partial charge is 0.320 e. The van der Waals surface area contributed by atoms with E-state index in [9.17, 15) is 0 Å². The molecule has 1 aromatic carbocycles. The lowest BCUT2D eigenvalue weighted by molar-refractivity contribution is 0.625. The summed E-state index contributed by atoms with van der Waals surface area (Å²) in [5, 5.41) is 7.31. The monoisotopic (exact) mass is 212 g/mol. The summed E-state index contributed by atoms with van der Waals surface area (Å²) in [5.41, 5.74) is 1.17. The van der Waals surface area contributed by atoms with Gasteiger partial charge < -0.3 is 10.6 Å². The molecule has 0 aliphatic carbocycles. The molecule has 0 saturated carbocycles. The zero-order valence-corrected chi connectivity index (χ0v) is 9.27. The predicted octanol–water partition coefficient (Wildman–Crippen LogP) is 2.04. The average Bonchev–Trinajstić information content (AvgIpc) is 2.20. The Morgan fingerprint density at radius 3 is 2.71 bits per heavy atom. The third kappa shape index (κ3) is 4.09. The third-order valence-corrected chi connectivity index (χ3v) is 2.42. The van der Waals surface area contributed by atoms with Crippen LogP contribution < -0.4 is 10.6 Å². The highest BCUT2D eigenvalue weighted by Gasteiger charge is 1.96. The summed E-state index contributed by atoms with van der Waals surface area (Å²) < 4.78 is 0. The summed E-state index contributed by atoms with van der Waals surface area (Å²) >= 11 is 6.01.